The predicted molar refractivity (Wildman–Crippen MR) is 40.6 cm³/mol. The number of hydrogen-bond donors (Lipinski definition) is 0. The van der Waals surface area contributed by atoms with Gasteiger partial charge in [0.2, 0.25) is 0 Å². The van der Waals surface area contributed by atoms with Gasteiger partial charge in [0, 0.05) is 0 Å². The van der Waals surface area contributed by atoms with Crippen LogP contribution in [0.2, 0.25) is 0 Å². The molecule has 0 radical (unpaired) electrons. The van der Waals surface area contributed by atoms with E-state index in [0.29, 0.717) is 4.88 Å². The van der Waals surface area contributed by atoms with Gasteiger partial charge in [-0.1, -0.05) is 6.07 Å². The van der Waals surface area contributed by atoms with Crippen molar-refractivity contribution in [3.63, 3.8) is 0 Å². The average molecular weight is 174 g/mol. The molecule has 0 fully saturated rings. The van der Waals surface area contributed by atoms with E-state index in [1.807, 2.05) is 0 Å². The Morgan fingerprint density at radius 2 is 2.55 bits per heavy atom. The molecule has 0 aliphatic rings. The molecular weight excluding hydrogens is 167 g/mol. The fourth-order valence-electron chi connectivity index (χ4n) is 0.597. The average Bonchev–Trinajstić information content (AvgIpc) is 2.52. The number of rotatable bonds is 3. The molecule has 1 aromatic heterocycles. The summed E-state index contributed by atoms with van der Waals surface area (Å²) in [5, 5.41) is 1.77. The number of carbonyl (C=O) groups is 1. The summed E-state index contributed by atoms with van der Waals surface area (Å²) < 4.78 is 16.1. The highest BCUT2D eigenvalue weighted by Gasteiger charge is 2.06. The zero-order chi connectivity index (χ0) is 8.10. The molecule has 0 unspecified atom stereocenters. The molecule has 0 aliphatic carbocycles. The summed E-state index contributed by atoms with van der Waals surface area (Å²) in [7, 11) is 0. The van der Waals surface area contributed by atoms with Gasteiger partial charge in [-0.3, -0.25) is 0 Å². The summed E-state index contributed by atoms with van der Waals surface area (Å²) in [6.45, 7) is -0.784. The summed E-state index contributed by atoms with van der Waals surface area (Å²) in [5.41, 5.74) is 0. The third-order valence-corrected chi connectivity index (χ3v) is 1.88. The van der Waals surface area contributed by atoms with Gasteiger partial charge in [-0.05, 0) is 11.4 Å². The monoisotopic (exact) mass is 174 g/mol. The lowest BCUT2D eigenvalue weighted by molar-refractivity contribution is 0.0487. The molecular formula is C7H7FO2S. The number of hydrogen-bond acceptors (Lipinski definition) is 3. The minimum absolute atomic E-state index is 0.156. The van der Waals surface area contributed by atoms with E-state index in [4.69, 9.17) is 0 Å². The summed E-state index contributed by atoms with van der Waals surface area (Å²) in [6, 6.07) is 3.39. The maximum atomic E-state index is 11.5. The largest absolute Gasteiger partial charge is 0.459 e. The van der Waals surface area contributed by atoms with E-state index in [1.54, 1.807) is 17.5 Å². The lowest BCUT2D eigenvalue weighted by atomic mass is 10.5. The number of carbonyl (C=O) groups excluding carboxylic acids is 1. The zero-order valence-corrected chi connectivity index (χ0v) is 6.57. The second-order valence-electron chi connectivity index (χ2n) is 1.80. The lowest BCUT2D eigenvalue weighted by Gasteiger charge is -1.97. The highest BCUT2D eigenvalue weighted by atomic mass is 32.1. The van der Waals surface area contributed by atoms with Crippen LogP contribution in [0.25, 0.3) is 0 Å². The first-order chi connectivity index (χ1) is 5.34. The Labute approximate surface area is 67.6 Å². The molecule has 1 heterocycles. The van der Waals surface area contributed by atoms with Gasteiger partial charge in [-0.15, -0.1) is 11.3 Å². The Hall–Kier alpha value is -0.900. The van der Waals surface area contributed by atoms with Crippen LogP contribution in [0.3, 0.4) is 0 Å². The van der Waals surface area contributed by atoms with Crippen LogP contribution in [0.15, 0.2) is 17.5 Å². The van der Waals surface area contributed by atoms with Crippen molar-refractivity contribution >= 4 is 17.3 Å². The molecule has 0 saturated heterocycles. The third-order valence-electron chi connectivity index (χ3n) is 1.03. The van der Waals surface area contributed by atoms with Crippen molar-refractivity contribution in [1.29, 1.82) is 0 Å². The van der Waals surface area contributed by atoms with Crippen molar-refractivity contribution in [1.82, 2.24) is 0 Å². The van der Waals surface area contributed by atoms with E-state index in [1.165, 1.54) is 11.3 Å². The summed E-state index contributed by atoms with van der Waals surface area (Å²) in [5.74, 6) is -0.447. The van der Waals surface area contributed by atoms with Gasteiger partial charge in [-0.2, -0.15) is 0 Å². The zero-order valence-electron chi connectivity index (χ0n) is 5.75. The maximum absolute atomic E-state index is 11.5. The van der Waals surface area contributed by atoms with Crippen LogP contribution in [0, 0.1) is 0 Å². The van der Waals surface area contributed by atoms with Crippen LogP contribution in [0.4, 0.5) is 4.39 Å². The first kappa shape index (κ1) is 8.20. The molecule has 0 atom stereocenters. The number of halogens is 1. The van der Waals surface area contributed by atoms with Gasteiger partial charge in [0.1, 0.15) is 18.2 Å². The van der Waals surface area contributed by atoms with Crippen LogP contribution < -0.4 is 0 Å². The first-order valence-electron chi connectivity index (χ1n) is 3.11. The maximum Gasteiger partial charge on any atom is 0.348 e. The normalized spacial score (nSPS) is 9.55. The number of ether oxygens (including phenoxy) is 1. The van der Waals surface area contributed by atoms with Gasteiger partial charge in [0.05, 0.1) is 0 Å². The Balaban J connectivity index is 2.43. The van der Waals surface area contributed by atoms with E-state index in [0.717, 1.165) is 0 Å². The van der Waals surface area contributed by atoms with Crippen molar-refractivity contribution in [3.8, 4) is 0 Å². The van der Waals surface area contributed by atoms with Crippen molar-refractivity contribution < 1.29 is 13.9 Å². The highest BCUT2D eigenvalue weighted by molar-refractivity contribution is 7.11. The fraction of sp³-hybridized carbons (Fsp3) is 0.286. The molecule has 0 bridgehead atoms. The summed E-state index contributed by atoms with van der Waals surface area (Å²) in [6.07, 6.45) is 0. The van der Waals surface area contributed by atoms with Crippen molar-refractivity contribution in [2.75, 3.05) is 13.3 Å². The van der Waals surface area contributed by atoms with Crippen LogP contribution in [-0.4, -0.2) is 19.3 Å². The second kappa shape index (κ2) is 4.08. The van der Waals surface area contributed by atoms with Crippen molar-refractivity contribution in [2.45, 2.75) is 0 Å². The Kier molecular flexibility index (Phi) is 3.04. The van der Waals surface area contributed by atoms with Gasteiger partial charge in [0.15, 0.2) is 0 Å². The highest BCUT2D eigenvalue weighted by Crippen LogP contribution is 2.09. The van der Waals surface area contributed by atoms with E-state index in [2.05, 4.69) is 4.74 Å². The minimum Gasteiger partial charge on any atom is -0.459 e. The molecule has 11 heavy (non-hydrogen) atoms. The van der Waals surface area contributed by atoms with Gasteiger partial charge in [0.25, 0.3) is 0 Å². The Morgan fingerprint density at radius 3 is 3.09 bits per heavy atom. The molecule has 0 spiro atoms. The van der Waals surface area contributed by atoms with Gasteiger partial charge >= 0.3 is 5.97 Å². The molecule has 0 amide bonds. The molecule has 2 nitrogen and oxygen atoms in total. The molecule has 0 N–H and O–H groups in total. The topological polar surface area (TPSA) is 26.3 Å². The van der Waals surface area contributed by atoms with Crippen molar-refractivity contribution in [3.05, 3.63) is 22.4 Å². The molecule has 4 heteroatoms. The summed E-state index contributed by atoms with van der Waals surface area (Å²) >= 11 is 1.28. The SMILES string of the molecule is O=C(OCCF)c1cccs1. The predicted octanol–water partition coefficient (Wildman–Crippen LogP) is 1.87. The van der Waals surface area contributed by atoms with E-state index in [-0.39, 0.29) is 6.61 Å². The minimum atomic E-state index is -0.628. The third kappa shape index (κ3) is 2.31. The quantitative estimate of drug-likeness (QED) is 0.654. The van der Waals surface area contributed by atoms with E-state index in [9.17, 15) is 9.18 Å². The first-order valence-corrected chi connectivity index (χ1v) is 3.99. The molecule has 60 valence electrons. The Bertz CT molecular complexity index is 220. The summed E-state index contributed by atoms with van der Waals surface area (Å²) in [4.78, 5) is 11.4. The van der Waals surface area contributed by atoms with E-state index >= 15 is 0 Å². The Morgan fingerprint density at radius 1 is 1.73 bits per heavy atom. The lowest BCUT2D eigenvalue weighted by Crippen LogP contribution is -2.05. The molecule has 0 aromatic carbocycles. The second-order valence-corrected chi connectivity index (χ2v) is 2.75. The molecule has 1 rings (SSSR count). The molecule has 0 saturated carbocycles. The number of thiophene rings is 1. The van der Waals surface area contributed by atoms with E-state index < -0.39 is 12.6 Å². The standard InChI is InChI=1S/C7H7FO2S/c8-3-4-10-7(9)6-2-1-5-11-6/h1-2,5H,3-4H2. The number of alkyl halides is 1. The van der Waals surface area contributed by atoms with Gasteiger partial charge < -0.3 is 4.74 Å². The molecule has 1 aromatic rings. The van der Waals surface area contributed by atoms with Crippen molar-refractivity contribution in [2.24, 2.45) is 0 Å². The smallest absolute Gasteiger partial charge is 0.348 e. The van der Waals surface area contributed by atoms with Crippen LogP contribution in [0.1, 0.15) is 9.67 Å². The molecule has 0 aliphatic heterocycles. The van der Waals surface area contributed by atoms with Crippen LogP contribution in [-0.2, 0) is 4.74 Å². The van der Waals surface area contributed by atoms with Crippen LogP contribution >= 0.6 is 11.3 Å². The number of esters is 1. The van der Waals surface area contributed by atoms with Crippen LogP contribution in [0.5, 0.6) is 0 Å². The van der Waals surface area contributed by atoms with Gasteiger partial charge in [-0.25, -0.2) is 9.18 Å². The fourth-order valence-corrected chi connectivity index (χ4v) is 1.21.